The van der Waals surface area contributed by atoms with Crippen LogP contribution in [0.3, 0.4) is 0 Å². The molecule has 1 aliphatic rings. The van der Waals surface area contributed by atoms with Gasteiger partial charge in [0.25, 0.3) is 0 Å². The summed E-state index contributed by atoms with van der Waals surface area (Å²) in [6.45, 7) is 5.18. The van der Waals surface area contributed by atoms with Crippen LogP contribution in [-0.2, 0) is 11.2 Å². The molecule has 3 aromatic rings. The summed E-state index contributed by atoms with van der Waals surface area (Å²) in [6.07, 6.45) is 7.83. The Hall–Kier alpha value is -3.86. The van der Waals surface area contributed by atoms with E-state index in [9.17, 15) is 4.79 Å². The Labute approximate surface area is 167 Å². The molecule has 1 aliphatic heterocycles. The molecule has 0 unspecified atom stereocenters. The van der Waals surface area contributed by atoms with E-state index < -0.39 is 0 Å². The highest BCUT2D eigenvalue weighted by atomic mass is 16.1. The normalized spacial score (nSPS) is 15.8. The molecule has 1 fully saturated rings. The average Bonchev–Trinajstić information content (AvgIpc) is 3.22. The molecule has 1 aromatic carbocycles. The second-order valence-electron chi connectivity index (χ2n) is 6.97. The van der Waals surface area contributed by atoms with Gasteiger partial charge in [0.1, 0.15) is 11.9 Å². The van der Waals surface area contributed by atoms with E-state index in [1.807, 2.05) is 24.3 Å². The number of nitrogens with zero attached hydrogens (tertiary/aromatic N) is 6. The Balaban J connectivity index is 1.50. The zero-order valence-corrected chi connectivity index (χ0v) is 15.7. The largest absolute Gasteiger partial charge is 0.354 e. The third-order valence-electron chi connectivity index (χ3n) is 4.99. The molecule has 144 valence electrons. The first-order valence-corrected chi connectivity index (χ1v) is 9.31. The van der Waals surface area contributed by atoms with Gasteiger partial charge in [0, 0.05) is 48.4 Å². The summed E-state index contributed by atoms with van der Waals surface area (Å²) in [5, 5.41) is 22.0. The van der Waals surface area contributed by atoms with Crippen molar-refractivity contribution >= 4 is 28.2 Å². The van der Waals surface area contributed by atoms with Crippen molar-refractivity contribution in [2.75, 3.05) is 23.3 Å². The molecule has 0 radical (unpaired) electrons. The average molecular weight is 385 g/mol. The Morgan fingerprint density at radius 2 is 2.17 bits per heavy atom. The number of carbonyl (C=O) groups excluding carboxylic acids is 1. The molecule has 1 atom stereocenters. The van der Waals surface area contributed by atoms with Crippen molar-refractivity contribution in [3.63, 3.8) is 0 Å². The highest BCUT2D eigenvalue weighted by Crippen LogP contribution is 2.30. The number of aromatic nitrogens is 4. The molecule has 29 heavy (non-hydrogen) atoms. The number of fused-ring (bicyclic) bond motifs is 1. The van der Waals surface area contributed by atoms with Crippen LogP contribution >= 0.6 is 0 Å². The van der Waals surface area contributed by atoms with Gasteiger partial charge in [0.05, 0.1) is 11.8 Å². The molecule has 4 rings (SSSR count). The molecule has 8 heteroatoms. The Kier molecular flexibility index (Phi) is 5.12. The van der Waals surface area contributed by atoms with Gasteiger partial charge < -0.3 is 10.2 Å². The first-order chi connectivity index (χ1) is 14.2. The fraction of sp³-hybridized carbons (Fsp3) is 0.238. The molecule has 1 saturated heterocycles. The van der Waals surface area contributed by atoms with Crippen molar-refractivity contribution in [1.29, 1.82) is 5.26 Å². The molecule has 3 heterocycles. The monoisotopic (exact) mass is 385 g/mol. The number of hydrogen-bond donors (Lipinski definition) is 1. The van der Waals surface area contributed by atoms with Gasteiger partial charge in [0.2, 0.25) is 5.91 Å². The second-order valence-corrected chi connectivity index (χ2v) is 6.97. The third-order valence-corrected chi connectivity index (χ3v) is 4.99. The lowest BCUT2D eigenvalue weighted by atomic mass is 10.0. The van der Waals surface area contributed by atoms with Gasteiger partial charge in [0.15, 0.2) is 5.82 Å². The van der Waals surface area contributed by atoms with Gasteiger partial charge >= 0.3 is 0 Å². The topological polar surface area (TPSA) is 108 Å². The van der Waals surface area contributed by atoms with Crippen molar-refractivity contribution in [2.24, 2.45) is 5.92 Å². The molecule has 0 bridgehead atoms. The number of amides is 1. The molecule has 0 spiro atoms. The van der Waals surface area contributed by atoms with Crippen LogP contribution < -0.4 is 10.2 Å². The predicted molar refractivity (Wildman–Crippen MR) is 109 cm³/mol. The summed E-state index contributed by atoms with van der Waals surface area (Å²) in [6, 6.07) is 7.72. The van der Waals surface area contributed by atoms with Crippen molar-refractivity contribution in [3.05, 3.63) is 60.8 Å². The Morgan fingerprint density at radius 3 is 2.93 bits per heavy atom. The lowest BCUT2D eigenvalue weighted by Gasteiger charge is -2.19. The quantitative estimate of drug-likeness (QED) is 0.672. The standard InChI is InChI=1S/C21H19N7O/c1-2-20(29)26-17-3-4-18-16(8-17)12-25-27-21(18)28-6-5-14(13-28)7-19-23-10-15(9-22)11-24-19/h2-4,8,10-12,14H,1,5-7,13H2,(H,26,29)/t14-/m0/s1. The van der Waals surface area contributed by atoms with Crippen LogP contribution in [-0.4, -0.2) is 39.2 Å². The minimum atomic E-state index is -0.251. The summed E-state index contributed by atoms with van der Waals surface area (Å²) < 4.78 is 0. The van der Waals surface area contributed by atoms with E-state index in [1.165, 1.54) is 6.08 Å². The number of benzene rings is 1. The number of anilines is 2. The van der Waals surface area contributed by atoms with Gasteiger partial charge in [-0.3, -0.25) is 4.79 Å². The minimum absolute atomic E-state index is 0.251. The summed E-state index contributed by atoms with van der Waals surface area (Å²) in [5.74, 6) is 1.75. The Morgan fingerprint density at radius 1 is 1.34 bits per heavy atom. The maximum Gasteiger partial charge on any atom is 0.247 e. The predicted octanol–water partition coefficient (Wildman–Crippen LogP) is 2.48. The molecule has 2 aromatic heterocycles. The van der Waals surface area contributed by atoms with E-state index in [0.29, 0.717) is 17.2 Å². The van der Waals surface area contributed by atoms with E-state index in [-0.39, 0.29) is 5.91 Å². The van der Waals surface area contributed by atoms with E-state index >= 15 is 0 Å². The van der Waals surface area contributed by atoms with Crippen molar-refractivity contribution in [1.82, 2.24) is 20.2 Å². The van der Waals surface area contributed by atoms with E-state index in [4.69, 9.17) is 5.26 Å². The highest BCUT2D eigenvalue weighted by molar-refractivity contribution is 6.01. The van der Waals surface area contributed by atoms with Crippen LogP contribution in [0.4, 0.5) is 11.5 Å². The maximum absolute atomic E-state index is 11.5. The summed E-state index contributed by atoms with van der Waals surface area (Å²) in [5.41, 5.74) is 1.16. The SMILES string of the molecule is C=CC(=O)Nc1ccc2c(N3CC[C@@H](Cc4ncc(C#N)cn4)C3)nncc2c1. The zero-order chi connectivity index (χ0) is 20.2. The minimum Gasteiger partial charge on any atom is -0.354 e. The fourth-order valence-corrected chi connectivity index (χ4v) is 3.55. The first kappa shape index (κ1) is 18.5. The van der Waals surface area contributed by atoms with Crippen molar-refractivity contribution in [3.8, 4) is 6.07 Å². The molecule has 8 nitrogen and oxygen atoms in total. The maximum atomic E-state index is 11.5. The van der Waals surface area contributed by atoms with Crippen LogP contribution in [0, 0.1) is 17.2 Å². The van der Waals surface area contributed by atoms with Crippen molar-refractivity contribution in [2.45, 2.75) is 12.8 Å². The second kappa shape index (κ2) is 8.02. The van der Waals surface area contributed by atoms with Crippen LogP contribution in [0.15, 0.2) is 49.4 Å². The molecule has 1 amide bonds. The van der Waals surface area contributed by atoms with Crippen LogP contribution in [0.25, 0.3) is 10.8 Å². The first-order valence-electron chi connectivity index (χ1n) is 9.31. The summed E-state index contributed by atoms with van der Waals surface area (Å²) in [4.78, 5) is 22.3. The van der Waals surface area contributed by atoms with E-state index in [0.717, 1.165) is 48.3 Å². The zero-order valence-electron chi connectivity index (χ0n) is 15.7. The lowest BCUT2D eigenvalue weighted by Crippen LogP contribution is -2.22. The molecular weight excluding hydrogens is 366 g/mol. The smallest absolute Gasteiger partial charge is 0.247 e. The van der Waals surface area contributed by atoms with Gasteiger partial charge in [-0.15, -0.1) is 5.10 Å². The Bertz CT molecular complexity index is 1100. The van der Waals surface area contributed by atoms with Gasteiger partial charge in [-0.2, -0.15) is 10.4 Å². The van der Waals surface area contributed by atoms with E-state index in [1.54, 1.807) is 18.6 Å². The van der Waals surface area contributed by atoms with Crippen LogP contribution in [0.5, 0.6) is 0 Å². The van der Waals surface area contributed by atoms with Crippen LogP contribution in [0.1, 0.15) is 17.8 Å². The van der Waals surface area contributed by atoms with Crippen LogP contribution in [0.2, 0.25) is 0 Å². The molecule has 0 aliphatic carbocycles. The molecular formula is C21H19N7O. The number of hydrogen-bond acceptors (Lipinski definition) is 7. The number of nitrogens with one attached hydrogen (secondary N) is 1. The summed E-state index contributed by atoms with van der Waals surface area (Å²) in [7, 11) is 0. The number of carbonyl (C=O) groups is 1. The van der Waals surface area contributed by atoms with Gasteiger partial charge in [-0.1, -0.05) is 6.58 Å². The van der Waals surface area contributed by atoms with Crippen molar-refractivity contribution < 1.29 is 4.79 Å². The molecule has 1 N–H and O–H groups in total. The van der Waals surface area contributed by atoms with Gasteiger partial charge in [-0.05, 0) is 36.6 Å². The third kappa shape index (κ3) is 4.04. The number of rotatable bonds is 5. The van der Waals surface area contributed by atoms with E-state index in [2.05, 4.69) is 37.0 Å². The fourth-order valence-electron chi connectivity index (χ4n) is 3.55. The summed E-state index contributed by atoms with van der Waals surface area (Å²) >= 11 is 0. The highest BCUT2D eigenvalue weighted by Gasteiger charge is 2.26. The lowest BCUT2D eigenvalue weighted by molar-refractivity contribution is -0.111. The number of nitriles is 1. The van der Waals surface area contributed by atoms with Gasteiger partial charge in [-0.25, -0.2) is 9.97 Å². The molecule has 0 saturated carbocycles.